The first-order chi connectivity index (χ1) is 19.7. The van der Waals surface area contributed by atoms with Gasteiger partial charge in [0.25, 0.3) is 5.91 Å². The summed E-state index contributed by atoms with van der Waals surface area (Å²) < 4.78 is 90.7. The van der Waals surface area contributed by atoms with Crippen molar-refractivity contribution in [3.05, 3.63) is 93.8 Å². The Kier molecular flexibility index (Phi) is 8.87. The number of phosphoric ester groups is 1. The molecule has 1 aliphatic heterocycles. The SMILES string of the molecule is CC1c2ccc(C(=O)NCc3c(F)cc(F)cc3F)cc2N(Cc2c(F)cc(OCOP(=O)(O)O)cc2F)C(=O)N1C. The number of amides is 3. The standard InChI is InChI=1S/C26H23F5N3O7P/c1-13-17-4-3-14(25(35)32-10-18-20(28)6-15(27)7-21(18)29)5-24(17)34(26(36)33(13)2)11-19-22(30)8-16(9-23(19)31)40-12-41-42(37,38)39/h3-9,13H,10-12H2,1-2H3,(H,32,35)(H2,37,38,39). The van der Waals surface area contributed by atoms with Crippen LogP contribution in [-0.4, -0.2) is 40.5 Å². The number of urea groups is 1. The number of carbonyl (C=O) groups is 2. The quantitative estimate of drug-likeness (QED) is 0.178. The first-order valence-electron chi connectivity index (χ1n) is 12.1. The molecule has 0 fully saturated rings. The molecule has 4 rings (SSSR count). The minimum atomic E-state index is -4.88. The van der Waals surface area contributed by atoms with Crippen LogP contribution in [0.3, 0.4) is 0 Å². The molecule has 3 N–H and O–H groups in total. The number of halogens is 5. The van der Waals surface area contributed by atoms with E-state index in [1.807, 2.05) is 0 Å². The second kappa shape index (κ2) is 12.1. The molecular weight excluding hydrogens is 592 g/mol. The van der Waals surface area contributed by atoms with Gasteiger partial charge in [0, 0.05) is 54.5 Å². The highest BCUT2D eigenvalue weighted by Gasteiger charge is 2.35. The predicted molar refractivity (Wildman–Crippen MR) is 137 cm³/mol. The molecule has 3 aromatic rings. The molecule has 16 heteroatoms. The molecule has 1 aliphatic rings. The Balaban J connectivity index is 1.60. The topological polar surface area (TPSA) is 129 Å². The summed E-state index contributed by atoms with van der Waals surface area (Å²) in [6, 6.07) is 5.47. The van der Waals surface area contributed by atoms with Crippen molar-refractivity contribution in [2.75, 3.05) is 18.7 Å². The van der Waals surface area contributed by atoms with Gasteiger partial charge in [-0.15, -0.1) is 0 Å². The van der Waals surface area contributed by atoms with Gasteiger partial charge in [-0.1, -0.05) is 6.07 Å². The molecular formula is C26H23F5N3O7P. The van der Waals surface area contributed by atoms with Crippen LogP contribution in [-0.2, 0) is 22.2 Å². The maximum Gasteiger partial charge on any atom is 0.472 e. The highest BCUT2D eigenvalue weighted by atomic mass is 31.2. The lowest BCUT2D eigenvalue weighted by atomic mass is 9.98. The lowest BCUT2D eigenvalue weighted by Gasteiger charge is -2.39. The van der Waals surface area contributed by atoms with Crippen LogP contribution < -0.4 is 15.0 Å². The van der Waals surface area contributed by atoms with Crippen LogP contribution in [0.2, 0.25) is 0 Å². The highest BCUT2D eigenvalue weighted by Crippen LogP contribution is 2.38. The third-order valence-corrected chi connectivity index (χ3v) is 7.00. The van der Waals surface area contributed by atoms with Gasteiger partial charge >= 0.3 is 13.9 Å². The molecule has 3 aromatic carbocycles. The summed E-state index contributed by atoms with van der Waals surface area (Å²) in [5.74, 6) is -7.03. The Bertz CT molecular complexity index is 1560. The van der Waals surface area contributed by atoms with Crippen molar-refractivity contribution in [2.24, 2.45) is 0 Å². The van der Waals surface area contributed by atoms with Gasteiger partial charge in [0.1, 0.15) is 34.8 Å². The Morgan fingerprint density at radius 1 is 0.976 bits per heavy atom. The van der Waals surface area contributed by atoms with E-state index in [9.17, 15) is 36.1 Å². The van der Waals surface area contributed by atoms with E-state index < -0.39 is 91.6 Å². The molecule has 1 unspecified atom stereocenters. The average Bonchev–Trinajstić information content (AvgIpc) is 2.89. The van der Waals surface area contributed by atoms with Crippen LogP contribution in [0.5, 0.6) is 5.75 Å². The van der Waals surface area contributed by atoms with Crippen molar-refractivity contribution < 1.29 is 55.2 Å². The Morgan fingerprint density at radius 3 is 2.17 bits per heavy atom. The minimum Gasteiger partial charge on any atom is -0.467 e. The molecule has 0 saturated heterocycles. The lowest BCUT2D eigenvalue weighted by Crippen LogP contribution is -2.47. The molecule has 224 valence electrons. The number of rotatable bonds is 9. The van der Waals surface area contributed by atoms with Gasteiger partial charge in [-0.2, -0.15) is 0 Å². The van der Waals surface area contributed by atoms with Gasteiger partial charge in [0.2, 0.25) is 0 Å². The van der Waals surface area contributed by atoms with Crippen molar-refractivity contribution >= 4 is 25.4 Å². The number of ether oxygens (including phenoxy) is 1. The van der Waals surface area contributed by atoms with Crippen LogP contribution in [0.15, 0.2) is 42.5 Å². The van der Waals surface area contributed by atoms with E-state index in [1.54, 1.807) is 6.92 Å². The van der Waals surface area contributed by atoms with E-state index in [2.05, 4.69) is 9.84 Å². The number of anilines is 1. The molecule has 0 bridgehead atoms. The fourth-order valence-electron chi connectivity index (χ4n) is 4.24. The summed E-state index contributed by atoms with van der Waals surface area (Å²) in [5, 5.41) is 2.32. The smallest absolute Gasteiger partial charge is 0.467 e. The summed E-state index contributed by atoms with van der Waals surface area (Å²) in [6.07, 6.45) is 0. The van der Waals surface area contributed by atoms with Crippen molar-refractivity contribution in [1.29, 1.82) is 0 Å². The summed E-state index contributed by atoms with van der Waals surface area (Å²) in [7, 11) is -3.41. The maximum absolute atomic E-state index is 14.9. The third-order valence-electron chi connectivity index (χ3n) is 6.56. The molecule has 42 heavy (non-hydrogen) atoms. The van der Waals surface area contributed by atoms with Gasteiger partial charge in [-0.05, 0) is 24.6 Å². The zero-order chi connectivity index (χ0) is 30.9. The largest absolute Gasteiger partial charge is 0.472 e. The Morgan fingerprint density at radius 2 is 1.57 bits per heavy atom. The number of benzene rings is 3. The highest BCUT2D eigenvalue weighted by molar-refractivity contribution is 7.46. The fraction of sp³-hybridized carbons (Fsp3) is 0.231. The number of phosphoric acid groups is 1. The van der Waals surface area contributed by atoms with Crippen molar-refractivity contribution in [3.63, 3.8) is 0 Å². The van der Waals surface area contributed by atoms with Crippen molar-refractivity contribution in [2.45, 2.75) is 26.1 Å². The van der Waals surface area contributed by atoms with E-state index >= 15 is 0 Å². The molecule has 3 amide bonds. The Labute approximate surface area is 235 Å². The van der Waals surface area contributed by atoms with Crippen molar-refractivity contribution in [1.82, 2.24) is 10.2 Å². The first-order valence-corrected chi connectivity index (χ1v) is 13.6. The normalized spacial score (nSPS) is 15.1. The van der Waals surface area contributed by atoms with Gasteiger partial charge in [0.05, 0.1) is 18.3 Å². The molecule has 1 heterocycles. The molecule has 0 saturated carbocycles. The zero-order valence-corrected chi connectivity index (χ0v) is 22.8. The molecule has 0 radical (unpaired) electrons. The average molecular weight is 615 g/mol. The van der Waals surface area contributed by atoms with E-state index in [1.165, 1.54) is 30.1 Å². The second-order valence-corrected chi connectivity index (χ2v) is 10.4. The van der Waals surface area contributed by atoms with Crippen LogP contribution in [0.4, 0.5) is 32.4 Å². The number of hydrogen-bond donors (Lipinski definition) is 3. The minimum absolute atomic E-state index is 0.0408. The molecule has 0 aliphatic carbocycles. The zero-order valence-electron chi connectivity index (χ0n) is 21.9. The van der Waals surface area contributed by atoms with E-state index in [4.69, 9.17) is 14.5 Å². The van der Waals surface area contributed by atoms with Gasteiger partial charge in [-0.3, -0.25) is 9.69 Å². The van der Waals surface area contributed by atoms with Crippen LogP contribution in [0, 0.1) is 29.1 Å². The predicted octanol–water partition coefficient (Wildman–Crippen LogP) is 4.89. The summed E-state index contributed by atoms with van der Waals surface area (Å²) in [5.41, 5.74) is -0.494. The van der Waals surface area contributed by atoms with Crippen LogP contribution >= 0.6 is 7.82 Å². The second-order valence-electron chi connectivity index (χ2n) is 9.21. The van der Waals surface area contributed by atoms with E-state index in [0.717, 1.165) is 17.0 Å². The van der Waals surface area contributed by atoms with Gasteiger partial charge in [-0.25, -0.2) is 35.8 Å². The number of nitrogens with one attached hydrogen (secondary N) is 1. The third kappa shape index (κ3) is 6.71. The number of nitrogens with zero attached hydrogens (tertiary/aromatic N) is 2. The lowest BCUT2D eigenvalue weighted by molar-refractivity contribution is 0.0823. The Hall–Kier alpha value is -4.04. The maximum atomic E-state index is 14.9. The summed E-state index contributed by atoms with van der Waals surface area (Å²) in [4.78, 5) is 45.8. The first kappa shape index (κ1) is 30.9. The van der Waals surface area contributed by atoms with Crippen LogP contribution in [0.25, 0.3) is 0 Å². The number of carbonyl (C=O) groups excluding carboxylic acids is 2. The van der Waals surface area contributed by atoms with Crippen LogP contribution in [0.1, 0.15) is 40.0 Å². The summed E-state index contributed by atoms with van der Waals surface area (Å²) in [6.45, 7) is -0.536. The molecule has 10 nitrogen and oxygen atoms in total. The van der Waals surface area contributed by atoms with Crippen molar-refractivity contribution in [3.8, 4) is 5.75 Å². The monoisotopic (exact) mass is 615 g/mol. The number of hydrogen-bond acceptors (Lipinski definition) is 5. The van der Waals surface area contributed by atoms with Gasteiger partial charge in [0.15, 0.2) is 6.79 Å². The molecule has 1 atom stereocenters. The van der Waals surface area contributed by atoms with Gasteiger partial charge < -0.3 is 24.7 Å². The number of fused-ring (bicyclic) bond motifs is 1. The van der Waals surface area contributed by atoms with E-state index in [-0.39, 0.29) is 11.3 Å². The fourth-order valence-corrected chi connectivity index (χ4v) is 4.43. The van der Waals surface area contributed by atoms with E-state index in [0.29, 0.717) is 17.7 Å². The molecule has 0 aromatic heterocycles. The summed E-state index contributed by atoms with van der Waals surface area (Å²) >= 11 is 0. The molecule has 0 spiro atoms.